The van der Waals surface area contributed by atoms with E-state index in [2.05, 4.69) is 13.0 Å². The quantitative estimate of drug-likeness (QED) is 0.556. The van der Waals surface area contributed by atoms with Gasteiger partial charge in [-0.2, -0.15) is 0 Å². The molecule has 0 saturated carbocycles. The summed E-state index contributed by atoms with van der Waals surface area (Å²) in [5, 5.41) is 0.416. The SMILES string of the molecule is CCC1CCc2c1cn(S(=O)(=O)c1cccc(Cl)c1)c2-c1cccc(C)c1. The van der Waals surface area contributed by atoms with Crippen LogP contribution in [-0.2, 0) is 16.4 Å². The van der Waals surface area contributed by atoms with Crippen LogP contribution in [0.1, 0.15) is 42.4 Å². The van der Waals surface area contributed by atoms with E-state index in [9.17, 15) is 8.42 Å². The van der Waals surface area contributed by atoms with Crippen molar-refractivity contribution >= 4 is 21.6 Å². The van der Waals surface area contributed by atoms with E-state index in [4.69, 9.17) is 11.6 Å². The summed E-state index contributed by atoms with van der Waals surface area (Å²) in [6, 6.07) is 14.5. The molecule has 5 heteroatoms. The van der Waals surface area contributed by atoms with E-state index in [0.29, 0.717) is 10.9 Å². The summed E-state index contributed by atoms with van der Waals surface area (Å²) in [5.41, 5.74) is 5.18. The third-order valence-electron chi connectivity index (χ3n) is 5.43. The number of halogens is 1. The van der Waals surface area contributed by atoms with E-state index in [1.807, 2.05) is 31.3 Å². The molecule has 1 heterocycles. The van der Waals surface area contributed by atoms with Crippen LogP contribution in [0.25, 0.3) is 11.3 Å². The molecule has 0 fully saturated rings. The Hall–Kier alpha value is -2.04. The standard InChI is InChI=1S/C22H22ClNO2S/c1-3-16-10-11-20-21(16)14-24(22(20)17-7-4-6-15(2)12-17)27(25,26)19-9-5-8-18(23)13-19/h4-9,12-14,16H,3,10-11H2,1-2H3. The lowest BCUT2D eigenvalue weighted by atomic mass is 10.0. The van der Waals surface area contributed by atoms with Gasteiger partial charge in [0.05, 0.1) is 10.6 Å². The molecule has 1 atom stereocenters. The van der Waals surface area contributed by atoms with Gasteiger partial charge in [-0.25, -0.2) is 12.4 Å². The average molecular weight is 400 g/mol. The molecule has 1 unspecified atom stereocenters. The fraction of sp³-hybridized carbons (Fsp3) is 0.273. The molecule has 27 heavy (non-hydrogen) atoms. The number of benzene rings is 2. The molecule has 2 aromatic carbocycles. The molecule has 1 aliphatic carbocycles. The van der Waals surface area contributed by atoms with Crippen molar-refractivity contribution in [3.8, 4) is 11.3 Å². The molecule has 0 spiro atoms. The zero-order valence-electron chi connectivity index (χ0n) is 15.4. The van der Waals surface area contributed by atoms with Crippen LogP contribution in [0, 0.1) is 6.92 Å². The highest BCUT2D eigenvalue weighted by Gasteiger charge is 2.32. The van der Waals surface area contributed by atoms with E-state index in [1.165, 1.54) is 15.6 Å². The van der Waals surface area contributed by atoms with Crippen molar-refractivity contribution in [2.24, 2.45) is 0 Å². The first-order chi connectivity index (χ1) is 12.9. The Labute approximate surface area is 165 Å². The van der Waals surface area contributed by atoms with Crippen molar-refractivity contribution in [1.29, 1.82) is 0 Å². The summed E-state index contributed by atoms with van der Waals surface area (Å²) in [4.78, 5) is 0.214. The summed E-state index contributed by atoms with van der Waals surface area (Å²) >= 11 is 6.06. The lowest BCUT2D eigenvalue weighted by molar-refractivity contribution is 0.586. The van der Waals surface area contributed by atoms with Crippen molar-refractivity contribution < 1.29 is 8.42 Å². The molecule has 4 rings (SSSR count). The fourth-order valence-electron chi connectivity index (χ4n) is 4.08. The van der Waals surface area contributed by atoms with Crippen LogP contribution >= 0.6 is 11.6 Å². The van der Waals surface area contributed by atoms with E-state index < -0.39 is 10.0 Å². The molecule has 1 aromatic heterocycles. The first kappa shape index (κ1) is 18.3. The van der Waals surface area contributed by atoms with Gasteiger partial charge in [0.15, 0.2) is 0 Å². The highest BCUT2D eigenvalue weighted by atomic mass is 35.5. The first-order valence-corrected chi connectivity index (χ1v) is 11.1. The summed E-state index contributed by atoms with van der Waals surface area (Å²) in [5.74, 6) is 0.416. The summed E-state index contributed by atoms with van der Waals surface area (Å²) < 4.78 is 28.4. The van der Waals surface area contributed by atoms with Gasteiger partial charge in [-0.1, -0.05) is 48.4 Å². The summed E-state index contributed by atoms with van der Waals surface area (Å²) in [6.45, 7) is 4.19. The van der Waals surface area contributed by atoms with E-state index >= 15 is 0 Å². The van der Waals surface area contributed by atoms with Gasteiger partial charge in [0.2, 0.25) is 0 Å². The van der Waals surface area contributed by atoms with Crippen molar-refractivity contribution in [2.75, 3.05) is 0 Å². The summed E-state index contributed by atoms with van der Waals surface area (Å²) in [6.07, 6.45) is 4.85. The van der Waals surface area contributed by atoms with E-state index in [0.717, 1.165) is 41.6 Å². The van der Waals surface area contributed by atoms with Gasteiger partial charge in [0, 0.05) is 11.2 Å². The topological polar surface area (TPSA) is 39.1 Å². The second-order valence-corrected chi connectivity index (χ2v) is 9.43. The number of hydrogen-bond acceptors (Lipinski definition) is 2. The zero-order valence-corrected chi connectivity index (χ0v) is 17.0. The lowest BCUT2D eigenvalue weighted by Crippen LogP contribution is -2.14. The zero-order chi connectivity index (χ0) is 19.2. The van der Waals surface area contributed by atoms with Crippen LogP contribution in [0.2, 0.25) is 5.02 Å². The molecule has 0 radical (unpaired) electrons. The molecule has 3 aromatic rings. The second-order valence-electron chi connectivity index (χ2n) is 7.18. The summed E-state index contributed by atoms with van der Waals surface area (Å²) in [7, 11) is -3.73. The van der Waals surface area contributed by atoms with Gasteiger partial charge < -0.3 is 0 Å². The minimum atomic E-state index is -3.73. The minimum absolute atomic E-state index is 0.214. The maximum absolute atomic E-state index is 13.5. The molecular formula is C22H22ClNO2S. The van der Waals surface area contributed by atoms with Crippen LogP contribution in [-0.4, -0.2) is 12.4 Å². The Morgan fingerprint density at radius 1 is 1.15 bits per heavy atom. The highest BCUT2D eigenvalue weighted by molar-refractivity contribution is 7.90. The Bertz CT molecular complexity index is 1120. The van der Waals surface area contributed by atoms with E-state index in [1.54, 1.807) is 18.2 Å². The largest absolute Gasteiger partial charge is 0.268 e. The number of hydrogen-bond donors (Lipinski definition) is 0. The number of fused-ring (bicyclic) bond motifs is 1. The fourth-order valence-corrected chi connectivity index (χ4v) is 5.79. The average Bonchev–Trinajstić information content (AvgIpc) is 3.20. The maximum Gasteiger partial charge on any atom is 0.268 e. The van der Waals surface area contributed by atoms with Gasteiger partial charge in [0.25, 0.3) is 10.0 Å². The van der Waals surface area contributed by atoms with Gasteiger partial charge in [-0.05, 0) is 73.1 Å². The highest BCUT2D eigenvalue weighted by Crippen LogP contribution is 2.43. The Morgan fingerprint density at radius 3 is 2.63 bits per heavy atom. The van der Waals surface area contributed by atoms with Crippen LogP contribution < -0.4 is 0 Å². The Morgan fingerprint density at radius 2 is 1.93 bits per heavy atom. The second kappa shape index (κ2) is 6.84. The Kier molecular flexibility index (Phi) is 4.65. The van der Waals surface area contributed by atoms with Crippen LogP contribution in [0.4, 0.5) is 0 Å². The minimum Gasteiger partial charge on any atom is -0.241 e. The van der Waals surface area contributed by atoms with Crippen LogP contribution in [0.3, 0.4) is 0 Å². The molecule has 0 saturated heterocycles. The van der Waals surface area contributed by atoms with Gasteiger partial charge in [-0.3, -0.25) is 0 Å². The number of aromatic nitrogens is 1. The van der Waals surface area contributed by atoms with E-state index in [-0.39, 0.29) is 4.90 Å². The third-order valence-corrected chi connectivity index (χ3v) is 7.32. The third kappa shape index (κ3) is 3.11. The smallest absolute Gasteiger partial charge is 0.241 e. The lowest BCUT2D eigenvalue weighted by Gasteiger charge is -2.13. The molecule has 0 aliphatic heterocycles. The number of aryl methyl sites for hydroxylation is 1. The van der Waals surface area contributed by atoms with Gasteiger partial charge >= 0.3 is 0 Å². The molecule has 0 amide bonds. The molecule has 0 bridgehead atoms. The first-order valence-electron chi connectivity index (χ1n) is 9.24. The van der Waals surface area contributed by atoms with Crippen molar-refractivity contribution in [2.45, 2.75) is 43.9 Å². The molecule has 3 nitrogen and oxygen atoms in total. The number of rotatable bonds is 4. The van der Waals surface area contributed by atoms with Gasteiger partial charge in [-0.15, -0.1) is 0 Å². The Balaban J connectivity index is 1.98. The monoisotopic (exact) mass is 399 g/mol. The van der Waals surface area contributed by atoms with Crippen molar-refractivity contribution in [3.05, 3.63) is 76.4 Å². The maximum atomic E-state index is 13.5. The molecule has 140 valence electrons. The normalized spacial score (nSPS) is 16.5. The predicted octanol–water partition coefficient (Wildman–Crippen LogP) is 5.79. The van der Waals surface area contributed by atoms with Crippen molar-refractivity contribution in [1.82, 2.24) is 3.97 Å². The molecule has 0 N–H and O–H groups in total. The van der Waals surface area contributed by atoms with Gasteiger partial charge in [0.1, 0.15) is 0 Å². The van der Waals surface area contributed by atoms with Crippen LogP contribution in [0.5, 0.6) is 0 Å². The van der Waals surface area contributed by atoms with Crippen molar-refractivity contribution in [3.63, 3.8) is 0 Å². The predicted molar refractivity (Wildman–Crippen MR) is 110 cm³/mol. The molecular weight excluding hydrogens is 378 g/mol. The number of nitrogens with zero attached hydrogens (tertiary/aromatic N) is 1. The van der Waals surface area contributed by atoms with Crippen LogP contribution in [0.15, 0.2) is 59.6 Å². The molecule has 1 aliphatic rings.